The maximum Gasteiger partial charge on any atom is 0.126 e. The van der Waals surface area contributed by atoms with Crippen molar-refractivity contribution in [2.24, 2.45) is 0 Å². The summed E-state index contributed by atoms with van der Waals surface area (Å²) in [6, 6.07) is 4.78. The van der Waals surface area contributed by atoms with Gasteiger partial charge in [0.2, 0.25) is 0 Å². The van der Waals surface area contributed by atoms with Gasteiger partial charge < -0.3 is 10.6 Å². The van der Waals surface area contributed by atoms with Gasteiger partial charge in [0.1, 0.15) is 5.82 Å². The van der Waals surface area contributed by atoms with E-state index in [1.807, 2.05) is 6.20 Å². The number of nitrogens with zero attached hydrogens (tertiary/aromatic N) is 1. The lowest BCUT2D eigenvalue weighted by Gasteiger charge is -2.23. The Morgan fingerprint density at radius 2 is 2.06 bits per heavy atom. The predicted molar refractivity (Wildman–Crippen MR) is 68.9 cm³/mol. The average Bonchev–Trinajstić information content (AvgIpc) is 2.33. The van der Waals surface area contributed by atoms with Crippen molar-refractivity contribution in [1.29, 1.82) is 0 Å². The number of rotatable bonds is 4. The molecule has 1 aromatic heterocycles. The monoisotopic (exact) mass is 219 g/mol. The Morgan fingerprint density at radius 1 is 1.25 bits per heavy atom. The molecule has 1 aliphatic carbocycles. The number of hydrogen-bond donors (Lipinski definition) is 2. The second kappa shape index (κ2) is 5.73. The molecule has 3 nitrogen and oxygen atoms in total. The van der Waals surface area contributed by atoms with E-state index in [0.717, 1.165) is 18.1 Å². The first-order chi connectivity index (χ1) is 7.88. The van der Waals surface area contributed by atoms with Gasteiger partial charge in [-0.3, -0.25) is 0 Å². The molecule has 16 heavy (non-hydrogen) atoms. The molecule has 0 bridgehead atoms. The van der Waals surface area contributed by atoms with E-state index in [9.17, 15) is 0 Å². The molecule has 1 aliphatic rings. The first kappa shape index (κ1) is 11.2. The van der Waals surface area contributed by atoms with Crippen molar-refractivity contribution in [2.45, 2.75) is 45.1 Å². The molecule has 1 saturated carbocycles. The van der Waals surface area contributed by atoms with Crippen LogP contribution in [0.4, 0.5) is 11.5 Å². The third-order valence-electron chi connectivity index (χ3n) is 3.10. The summed E-state index contributed by atoms with van der Waals surface area (Å²) in [4.78, 5) is 4.42. The van der Waals surface area contributed by atoms with Gasteiger partial charge in [0.15, 0.2) is 0 Å². The highest BCUT2D eigenvalue weighted by molar-refractivity contribution is 5.47. The summed E-state index contributed by atoms with van der Waals surface area (Å²) < 4.78 is 0. The lowest BCUT2D eigenvalue weighted by molar-refractivity contribution is 0.462. The zero-order valence-corrected chi connectivity index (χ0v) is 10.00. The van der Waals surface area contributed by atoms with Crippen LogP contribution in [0.25, 0.3) is 0 Å². The SMILES string of the molecule is CCNc1ccc(NC2CCCCC2)nc1. The summed E-state index contributed by atoms with van der Waals surface area (Å²) in [5.41, 5.74) is 1.09. The molecule has 0 amide bonds. The molecule has 0 aliphatic heterocycles. The van der Waals surface area contributed by atoms with Gasteiger partial charge in [0.25, 0.3) is 0 Å². The zero-order chi connectivity index (χ0) is 11.2. The minimum absolute atomic E-state index is 0.631. The lowest BCUT2D eigenvalue weighted by atomic mass is 9.95. The molecule has 2 N–H and O–H groups in total. The Hall–Kier alpha value is -1.25. The van der Waals surface area contributed by atoms with E-state index in [4.69, 9.17) is 0 Å². The minimum atomic E-state index is 0.631. The summed E-state index contributed by atoms with van der Waals surface area (Å²) in [5, 5.41) is 6.76. The number of hydrogen-bond acceptors (Lipinski definition) is 3. The van der Waals surface area contributed by atoms with Gasteiger partial charge in [-0.2, -0.15) is 0 Å². The first-order valence-electron chi connectivity index (χ1n) is 6.35. The Labute approximate surface area is 97.7 Å². The Kier molecular flexibility index (Phi) is 4.03. The van der Waals surface area contributed by atoms with Gasteiger partial charge in [-0.15, -0.1) is 0 Å². The molecule has 0 spiro atoms. The van der Waals surface area contributed by atoms with Crippen molar-refractivity contribution >= 4 is 11.5 Å². The van der Waals surface area contributed by atoms with Gasteiger partial charge in [-0.1, -0.05) is 19.3 Å². The summed E-state index contributed by atoms with van der Waals surface area (Å²) in [6.07, 6.45) is 8.58. The summed E-state index contributed by atoms with van der Waals surface area (Å²) >= 11 is 0. The van der Waals surface area contributed by atoms with Crippen molar-refractivity contribution in [3.63, 3.8) is 0 Å². The molecule has 0 radical (unpaired) electrons. The highest BCUT2D eigenvalue weighted by Gasteiger charge is 2.12. The maximum atomic E-state index is 4.42. The Morgan fingerprint density at radius 3 is 2.69 bits per heavy atom. The van der Waals surface area contributed by atoms with Crippen molar-refractivity contribution in [3.8, 4) is 0 Å². The second-order valence-electron chi connectivity index (χ2n) is 4.44. The summed E-state index contributed by atoms with van der Waals surface area (Å²) in [5.74, 6) is 1.01. The van der Waals surface area contributed by atoms with Gasteiger partial charge in [-0.05, 0) is 31.9 Å². The number of pyridine rings is 1. The van der Waals surface area contributed by atoms with Crippen molar-refractivity contribution in [2.75, 3.05) is 17.2 Å². The second-order valence-corrected chi connectivity index (χ2v) is 4.44. The quantitative estimate of drug-likeness (QED) is 0.816. The molecular weight excluding hydrogens is 198 g/mol. The molecule has 1 heterocycles. The van der Waals surface area contributed by atoms with Crippen LogP contribution < -0.4 is 10.6 Å². The average molecular weight is 219 g/mol. The van der Waals surface area contributed by atoms with E-state index in [0.29, 0.717) is 6.04 Å². The molecule has 1 aromatic rings. The van der Waals surface area contributed by atoms with Crippen LogP contribution in [0.5, 0.6) is 0 Å². The minimum Gasteiger partial charge on any atom is -0.384 e. The molecule has 88 valence electrons. The summed E-state index contributed by atoms with van der Waals surface area (Å²) in [7, 11) is 0. The molecule has 0 aromatic carbocycles. The standard InChI is InChI=1S/C13H21N3/c1-2-14-12-8-9-13(15-10-12)16-11-6-4-3-5-7-11/h8-11,14H,2-7H2,1H3,(H,15,16). The van der Waals surface area contributed by atoms with E-state index in [-0.39, 0.29) is 0 Å². The van der Waals surface area contributed by atoms with Gasteiger partial charge in [0.05, 0.1) is 11.9 Å². The van der Waals surface area contributed by atoms with E-state index in [2.05, 4.69) is 34.7 Å². The van der Waals surface area contributed by atoms with Crippen LogP contribution in [0.1, 0.15) is 39.0 Å². The van der Waals surface area contributed by atoms with Crippen LogP contribution in [0.3, 0.4) is 0 Å². The van der Waals surface area contributed by atoms with Gasteiger partial charge >= 0.3 is 0 Å². The molecule has 0 saturated heterocycles. The van der Waals surface area contributed by atoms with Gasteiger partial charge in [-0.25, -0.2) is 4.98 Å². The Balaban J connectivity index is 1.88. The highest BCUT2D eigenvalue weighted by atomic mass is 15.0. The largest absolute Gasteiger partial charge is 0.384 e. The molecule has 0 atom stereocenters. The topological polar surface area (TPSA) is 37.0 Å². The van der Waals surface area contributed by atoms with Crippen LogP contribution in [0.2, 0.25) is 0 Å². The Bertz CT molecular complexity index is 301. The van der Waals surface area contributed by atoms with Crippen molar-refractivity contribution in [3.05, 3.63) is 18.3 Å². The van der Waals surface area contributed by atoms with Crippen molar-refractivity contribution < 1.29 is 0 Å². The molecule has 0 unspecified atom stereocenters. The van der Waals surface area contributed by atoms with Crippen LogP contribution in [-0.2, 0) is 0 Å². The zero-order valence-electron chi connectivity index (χ0n) is 10.00. The predicted octanol–water partition coefficient (Wildman–Crippen LogP) is 3.26. The fraction of sp³-hybridized carbons (Fsp3) is 0.615. The molecule has 3 heteroatoms. The van der Waals surface area contributed by atoms with Crippen molar-refractivity contribution in [1.82, 2.24) is 4.98 Å². The van der Waals surface area contributed by atoms with Gasteiger partial charge in [0, 0.05) is 12.6 Å². The highest BCUT2D eigenvalue weighted by Crippen LogP contribution is 2.21. The fourth-order valence-electron chi connectivity index (χ4n) is 2.24. The van der Waals surface area contributed by atoms with Crippen LogP contribution in [0.15, 0.2) is 18.3 Å². The first-order valence-corrected chi connectivity index (χ1v) is 6.35. The third kappa shape index (κ3) is 3.12. The van der Waals surface area contributed by atoms with E-state index >= 15 is 0 Å². The molecular formula is C13H21N3. The smallest absolute Gasteiger partial charge is 0.126 e. The summed E-state index contributed by atoms with van der Waals surface area (Å²) in [6.45, 7) is 3.03. The lowest BCUT2D eigenvalue weighted by Crippen LogP contribution is -2.22. The van der Waals surface area contributed by atoms with E-state index in [1.54, 1.807) is 0 Å². The van der Waals surface area contributed by atoms with Crippen LogP contribution in [-0.4, -0.2) is 17.6 Å². The third-order valence-corrected chi connectivity index (χ3v) is 3.10. The number of aromatic nitrogens is 1. The normalized spacial score (nSPS) is 17.1. The fourth-order valence-corrected chi connectivity index (χ4v) is 2.24. The molecule has 1 fully saturated rings. The maximum absolute atomic E-state index is 4.42. The molecule has 2 rings (SSSR count). The van der Waals surface area contributed by atoms with E-state index in [1.165, 1.54) is 32.1 Å². The number of nitrogens with one attached hydrogen (secondary N) is 2. The van der Waals surface area contributed by atoms with Crippen LogP contribution in [0, 0.1) is 0 Å². The van der Waals surface area contributed by atoms with Crippen LogP contribution >= 0.6 is 0 Å². The van der Waals surface area contributed by atoms with E-state index < -0.39 is 0 Å². The number of anilines is 2.